The first kappa shape index (κ1) is 12.2. The quantitative estimate of drug-likeness (QED) is 0.622. The van der Waals surface area contributed by atoms with Gasteiger partial charge < -0.3 is 4.74 Å². The maximum atomic E-state index is 12.4. The van der Waals surface area contributed by atoms with Crippen LogP contribution in [-0.4, -0.2) is 28.2 Å². The van der Waals surface area contributed by atoms with E-state index in [9.17, 15) is 18.9 Å². The molecule has 0 radical (unpaired) electrons. The van der Waals surface area contributed by atoms with Gasteiger partial charge in [-0.25, -0.2) is 8.78 Å². The fraction of sp³-hybridized carbons (Fsp3) is 0.300. The van der Waals surface area contributed by atoms with Crippen LogP contribution in [0, 0.1) is 10.1 Å². The van der Waals surface area contributed by atoms with Crippen LogP contribution in [0.3, 0.4) is 0 Å². The van der Waals surface area contributed by atoms with Crippen LogP contribution in [0.1, 0.15) is 0 Å². The fourth-order valence-corrected chi connectivity index (χ4v) is 1.67. The molecule has 0 N–H and O–H groups in total. The standard InChI is InChI=1S/C10H9F2N3O3/c1-18-10-7-4-6(15(16)17)2-3-8(7)14(13-10)5-9(11)12/h2-4,9H,5H2,1H3. The van der Waals surface area contributed by atoms with E-state index in [0.717, 1.165) is 4.68 Å². The third-order valence-electron chi connectivity index (χ3n) is 2.42. The third-order valence-corrected chi connectivity index (χ3v) is 2.42. The molecule has 2 rings (SSSR count). The lowest BCUT2D eigenvalue weighted by Crippen LogP contribution is -2.07. The summed E-state index contributed by atoms with van der Waals surface area (Å²) in [6, 6.07) is 3.87. The Morgan fingerprint density at radius 1 is 1.56 bits per heavy atom. The van der Waals surface area contributed by atoms with Crippen molar-refractivity contribution >= 4 is 16.6 Å². The van der Waals surface area contributed by atoms with Crippen LogP contribution in [0.5, 0.6) is 5.88 Å². The number of nitrogens with zero attached hydrogens (tertiary/aromatic N) is 3. The van der Waals surface area contributed by atoms with Gasteiger partial charge in [0.05, 0.1) is 22.9 Å². The number of nitro benzene ring substituents is 1. The maximum absolute atomic E-state index is 12.4. The van der Waals surface area contributed by atoms with Crippen molar-refractivity contribution in [1.82, 2.24) is 9.78 Å². The second-order valence-electron chi connectivity index (χ2n) is 3.54. The number of fused-ring (bicyclic) bond motifs is 1. The summed E-state index contributed by atoms with van der Waals surface area (Å²) in [7, 11) is 1.33. The molecular weight excluding hydrogens is 248 g/mol. The van der Waals surface area contributed by atoms with E-state index < -0.39 is 17.9 Å². The van der Waals surface area contributed by atoms with Gasteiger partial charge in [0.1, 0.15) is 6.54 Å². The van der Waals surface area contributed by atoms with Gasteiger partial charge in [-0.3, -0.25) is 14.8 Å². The van der Waals surface area contributed by atoms with Crippen LogP contribution < -0.4 is 4.74 Å². The average molecular weight is 257 g/mol. The second-order valence-corrected chi connectivity index (χ2v) is 3.54. The number of hydrogen-bond acceptors (Lipinski definition) is 4. The Balaban J connectivity index is 2.59. The van der Waals surface area contributed by atoms with Crippen molar-refractivity contribution in [3.63, 3.8) is 0 Å². The van der Waals surface area contributed by atoms with Crippen molar-refractivity contribution in [2.24, 2.45) is 0 Å². The molecule has 0 fully saturated rings. The molecule has 0 bridgehead atoms. The number of alkyl halides is 2. The van der Waals surface area contributed by atoms with E-state index in [1.807, 2.05) is 0 Å². The first-order valence-corrected chi connectivity index (χ1v) is 5.00. The number of hydrogen-bond donors (Lipinski definition) is 0. The van der Waals surface area contributed by atoms with Crippen LogP contribution in [0.2, 0.25) is 0 Å². The zero-order valence-electron chi connectivity index (χ0n) is 9.34. The molecule has 2 aromatic rings. The van der Waals surface area contributed by atoms with E-state index >= 15 is 0 Å². The minimum Gasteiger partial charge on any atom is -0.479 e. The normalized spacial score (nSPS) is 11.1. The second kappa shape index (κ2) is 4.55. The van der Waals surface area contributed by atoms with Crippen molar-refractivity contribution in [3.05, 3.63) is 28.3 Å². The van der Waals surface area contributed by atoms with Gasteiger partial charge in [0.15, 0.2) is 0 Å². The number of non-ortho nitro benzene ring substituents is 1. The zero-order chi connectivity index (χ0) is 13.3. The number of ether oxygens (including phenoxy) is 1. The molecule has 0 amide bonds. The largest absolute Gasteiger partial charge is 0.479 e. The van der Waals surface area contributed by atoms with E-state index in [4.69, 9.17) is 4.74 Å². The van der Waals surface area contributed by atoms with E-state index in [2.05, 4.69) is 5.10 Å². The molecule has 0 aliphatic rings. The average Bonchev–Trinajstić information content (AvgIpc) is 2.66. The smallest absolute Gasteiger partial charge is 0.270 e. The molecule has 0 saturated carbocycles. The van der Waals surface area contributed by atoms with Crippen LogP contribution in [0.25, 0.3) is 10.9 Å². The predicted octanol–water partition coefficient (Wildman–Crippen LogP) is 2.22. The Morgan fingerprint density at radius 3 is 2.83 bits per heavy atom. The molecular formula is C10H9F2N3O3. The van der Waals surface area contributed by atoms with Crippen molar-refractivity contribution in [2.45, 2.75) is 13.0 Å². The van der Waals surface area contributed by atoms with Gasteiger partial charge >= 0.3 is 0 Å². The summed E-state index contributed by atoms with van der Waals surface area (Å²) in [5.74, 6) is 0.0920. The summed E-state index contributed by atoms with van der Waals surface area (Å²) in [6.45, 7) is -0.586. The molecule has 0 unspecified atom stereocenters. The van der Waals surface area contributed by atoms with E-state index in [1.54, 1.807) is 0 Å². The number of aromatic nitrogens is 2. The first-order chi connectivity index (χ1) is 8.52. The van der Waals surface area contributed by atoms with Gasteiger partial charge in [-0.1, -0.05) is 0 Å². The van der Waals surface area contributed by atoms with E-state index in [-0.39, 0.29) is 11.6 Å². The zero-order valence-corrected chi connectivity index (χ0v) is 9.34. The SMILES string of the molecule is COc1nn(CC(F)F)c2ccc([N+](=O)[O-])cc12. The summed E-state index contributed by atoms with van der Waals surface area (Å²) in [5, 5.41) is 14.8. The topological polar surface area (TPSA) is 70.2 Å². The first-order valence-electron chi connectivity index (χ1n) is 5.00. The Kier molecular flexibility index (Phi) is 3.09. The van der Waals surface area contributed by atoms with Gasteiger partial charge in [0, 0.05) is 12.1 Å². The van der Waals surface area contributed by atoms with Crippen LogP contribution in [0.15, 0.2) is 18.2 Å². The molecule has 0 saturated heterocycles. The van der Waals surface area contributed by atoms with Crippen molar-refractivity contribution in [1.29, 1.82) is 0 Å². The molecule has 8 heteroatoms. The maximum Gasteiger partial charge on any atom is 0.270 e. The lowest BCUT2D eigenvalue weighted by Gasteiger charge is -2.00. The Bertz CT molecular complexity index is 597. The number of nitro groups is 1. The lowest BCUT2D eigenvalue weighted by molar-refractivity contribution is -0.384. The Labute approximate surface area is 99.9 Å². The van der Waals surface area contributed by atoms with Crippen LogP contribution >= 0.6 is 0 Å². The minimum atomic E-state index is -2.56. The van der Waals surface area contributed by atoms with E-state index in [1.165, 1.54) is 25.3 Å². The summed E-state index contributed by atoms with van der Waals surface area (Å²) >= 11 is 0. The Hall–Kier alpha value is -2.25. The number of methoxy groups -OCH3 is 1. The van der Waals surface area contributed by atoms with E-state index in [0.29, 0.717) is 10.9 Å². The summed E-state index contributed by atoms with van der Waals surface area (Å²) in [4.78, 5) is 10.1. The van der Waals surface area contributed by atoms with Crippen molar-refractivity contribution in [2.75, 3.05) is 7.11 Å². The summed E-state index contributed by atoms with van der Waals surface area (Å²) < 4.78 is 30.7. The predicted molar refractivity (Wildman–Crippen MR) is 58.9 cm³/mol. The molecule has 0 atom stereocenters. The monoisotopic (exact) mass is 257 g/mol. The van der Waals surface area contributed by atoms with Gasteiger partial charge in [-0.15, -0.1) is 5.10 Å². The fourth-order valence-electron chi connectivity index (χ4n) is 1.67. The number of rotatable bonds is 4. The number of halogens is 2. The highest BCUT2D eigenvalue weighted by Gasteiger charge is 2.17. The van der Waals surface area contributed by atoms with Gasteiger partial charge in [0.2, 0.25) is 5.88 Å². The highest BCUT2D eigenvalue weighted by atomic mass is 19.3. The molecule has 1 aromatic carbocycles. The molecule has 18 heavy (non-hydrogen) atoms. The summed E-state index contributed by atoms with van der Waals surface area (Å²) in [5.41, 5.74) is 0.232. The highest BCUT2D eigenvalue weighted by molar-refractivity contribution is 5.86. The molecule has 96 valence electrons. The highest BCUT2D eigenvalue weighted by Crippen LogP contribution is 2.28. The summed E-state index contributed by atoms with van der Waals surface area (Å²) in [6.07, 6.45) is -2.56. The molecule has 1 aromatic heterocycles. The van der Waals surface area contributed by atoms with Gasteiger partial charge in [-0.05, 0) is 6.07 Å². The van der Waals surface area contributed by atoms with Crippen LogP contribution in [0.4, 0.5) is 14.5 Å². The Morgan fingerprint density at radius 2 is 2.28 bits per heavy atom. The molecule has 6 nitrogen and oxygen atoms in total. The van der Waals surface area contributed by atoms with Gasteiger partial charge in [-0.2, -0.15) is 0 Å². The molecule has 0 aliphatic heterocycles. The lowest BCUT2D eigenvalue weighted by atomic mass is 10.2. The third kappa shape index (κ3) is 2.08. The van der Waals surface area contributed by atoms with Gasteiger partial charge in [0.25, 0.3) is 12.1 Å². The van der Waals surface area contributed by atoms with Crippen LogP contribution in [-0.2, 0) is 6.54 Å². The minimum absolute atomic E-state index is 0.0920. The van der Waals surface area contributed by atoms with Crippen molar-refractivity contribution < 1.29 is 18.4 Å². The molecule has 0 aliphatic carbocycles. The number of benzene rings is 1. The van der Waals surface area contributed by atoms with Crippen molar-refractivity contribution in [3.8, 4) is 5.88 Å². The molecule has 1 heterocycles. The molecule has 0 spiro atoms.